The molecular formula is C68H57NO. The number of hydrogen-bond acceptors (Lipinski definition) is 2. The maximum absolute atomic E-state index is 6.52. The standard InChI is InChI=1S/C68H57NO/c1-41-26-27-44-16-13-21-56(66(44)65(41)43-14-3-2-4-15-43)53-19-7-11-24-60(53)69(59-23-10-6-17-50(59)46-31-35-55-54-20-8-12-25-61(54)70-62(55)37-46)49-32-28-42(29-33-49)45-30-34-52-51-18-5-9-22-57(51)68(58(52)36-45)63-39-47-38-48-40-64(68)67(47,48)63/h5-13,16-37,41,43,47-48,63-65H,2-4,14-15,38-40H2,1H3. The minimum atomic E-state index is 0.200. The van der Waals surface area contributed by atoms with Crippen LogP contribution < -0.4 is 4.90 Å². The van der Waals surface area contributed by atoms with Gasteiger partial charge in [-0.3, -0.25) is 0 Å². The second-order valence-corrected chi connectivity index (χ2v) is 22.6. The first-order valence-corrected chi connectivity index (χ1v) is 26.7. The molecule has 7 aliphatic carbocycles. The molecule has 2 spiro atoms. The maximum atomic E-state index is 6.52. The first-order chi connectivity index (χ1) is 34.6. The number of allylic oxidation sites excluding steroid dienone is 1. The van der Waals surface area contributed by atoms with Crippen molar-refractivity contribution in [1.29, 1.82) is 0 Å². The van der Waals surface area contributed by atoms with Crippen molar-refractivity contribution < 1.29 is 4.42 Å². The molecule has 9 aromatic rings. The Labute approximate surface area is 411 Å². The molecule has 1 aromatic heterocycles. The highest BCUT2D eigenvalue weighted by atomic mass is 16.3. The van der Waals surface area contributed by atoms with Crippen LogP contribution in [0.25, 0.3) is 72.5 Å². The Hall–Kier alpha value is -6.90. The van der Waals surface area contributed by atoms with Gasteiger partial charge in [0.05, 0.1) is 11.4 Å². The van der Waals surface area contributed by atoms with E-state index in [2.05, 4.69) is 200 Å². The molecule has 0 saturated heterocycles. The Kier molecular flexibility index (Phi) is 8.31. The van der Waals surface area contributed by atoms with Crippen LogP contribution in [0.15, 0.2) is 186 Å². The Bertz CT molecular complexity index is 3630. The Balaban J connectivity index is 0.851. The minimum absolute atomic E-state index is 0.200. The number of fused-ring (bicyclic) bond motifs is 11. The highest BCUT2D eigenvalue weighted by molar-refractivity contribution is 6.06. The highest BCUT2D eigenvalue weighted by Gasteiger charge is 2.90. The van der Waals surface area contributed by atoms with Gasteiger partial charge in [0.25, 0.3) is 0 Å². The molecule has 0 aliphatic heterocycles. The second-order valence-electron chi connectivity index (χ2n) is 22.6. The molecule has 2 nitrogen and oxygen atoms in total. The van der Waals surface area contributed by atoms with Gasteiger partial charge in [0.15, 0.2) is 0 Å². The van der Waals surface area contributed by atoms with Gasteiger partial charge in [0.1, 0.15) is 11.2 Å². The number of furan rings is 1. The van der Waals surface area contributed by atoms with Gasteiger partial charge in [-0.15, -0.1) is 0 Å². The van der Waals surface area contributed by atoms with Gasteiger partial charge in [-0.25, -0.2) is 0 Å². The van der Waals surface area contributed by atoms with Crippen molar-refractivity contribution in [1.82, 2.24) is 0 Å². The van der Waals surface area contributed by atoms with Gasteiger partial charge >= 0.3 is 0 Å². The molecule has 7 aliphatic rings. The van der Waals surface area contributed by atoms with E-state index in [0.717, 1.165) is 62.5 Å². The zero-order chi connectivity index (χ0) is 45.9. The van der Waals surface area contributed by atoms with Crippen LogP contribution in [0.1, 0.15) is 86.5 Å². The molecule has 340 valence electrons. The van der Waals surface area contributed by atoms with Crippen LogP contribution in [0.5, 0.6) is 0 Å². The molecule has 2 heteroatoms. The summed E-state index contributed by atoms with van der Waals surface area (Å²) in [5.74, 6) is 5.31. The quantitative estimate of drug-likeness (QED) is 0.158. The van der Waals surface area contributed by atoms with Crippen LogP contribution in [-0.2, 0) is 5.41 Å². The molecule has 6 unspecified atom stereocenters. The van der Waals surface area contributed by atoms with E-state index in [1.807, 2.05) is 0 Å². The summed E-state index contributed by atoms with van der Waals surface area (Å²) in [6, 6.07) is 67.0. The molecule has 6 atom stereocenters. The molecule has 16 rings (SSSR count). The second kappa shape index (κ2) is 14.6. The molecule has 70 heavy (non-hydrogen) atoms. The maximum Gasteiger partial charge on any atom is 0.136 e. The summed E-state index contributed by atoms with van der Waals surface area (Å²) in [4.78, 5) is 2.55. The van der Waals surface area contributed by atoms with E-state index in [-0.39, 0.29) is 5.41 Å². The largest absolute Gasteiger partial charge is 0.456 e. The van der Waals surface area contributed by atoms with Crippen LogP contribution in [0.4, 0.5) is 17.1 Å². The summed E-state index contributed by atoms with van der Waals surface area (Å²) < 4.78 is 6.52. The molecule has 0 N–H and O–H groups in total. The topological polar surface area (TPSA) is 16.4 Å². The van der Waals surface area contributed by atoms with Gasteiger partial charge in [0, 0.05) is 33.0 Å². The third-order valence-corrected chi connectivity index (χ3v) is 20.0. The lowest BCUT2D eigenvalue weighted by atomic mass is 9.11. The van der Waals surface area contributed by atoms with Crippen molar-refractivity contribution in [3.8, 4) is 44.5 Å². The highest BCUT2D eigenvalue weighted by Crippen LogP contribution is 2.94. The average Bonchev–Trinajstić information content (AvgIpc) is 3.94. The Morgan fingerprint density at radius 2 is 1.16 bits per heavy atom. The Morgan fingerprint density at radius 3 is 1.97 bits per heavy atom. The number of para-hydroxylation sites is 3. The van der Waals surface area contributed by atoms with E-state index in [1.54, 1.807) is 11.1 Å². The molecular weight excluding hydrogens is 847 g/mol. The van der Waals surface area contributed by atoms with Crippen LogP contribution >= 0.6 is 0 Å². The van der Waals surface area contributed by atoms with Gasteiger partial charge in [0.2, 0.25) is 0 Å². The molecule has 0 amide bonds. The summed E-state index contributed by atoms with van der Waals surface area (Å²) in [5, 5.41) is 2.30. The van der Waals surface area contributed by atoms with Crippen molar-refractivity contribution in [2.45, 2.75) is 69.6 Å². The number of hydrogen-bond donors (Lipinski definition) is 0. The average molecular weight is 904 g/mol. The fourth-order valence-electron chi connectivity index (χ4n) is 17.2. The fourth-order valence-corrected chi connectivity index (χ4v) is 17.2. The van der Waals surface area contributed by atoms with Gasteiger partial charge < -0.3 is 9.32 Å². The molecule has 0 bridgehead atoms. The molecule has 1 heterocycles. The van der Waals surface area contributed by atoms with E-state index in [4.69, 9.17) is 4.42 Å². The monoisotopic (exact) mass is 903 g/mol. The number of anilines is 3. The first kappa shape index (κ1) is 39.9. The predicted molar refractivity (Wildman–Crippen MR) is 289 cm³/mol. The van der Waals surface area contributed by atoms with E-state index in [0.29, 0.717) is 23.2 Å². The zero-order valence-corrected chi connectivity index (χ0v) is 40.0. The van der Waals surface area contributed by atoms with Crippen LogP contribution in [0.3, 0.4) is 0 Å². The fraction of sp³-hybridized carbons (Fsp3) is 0.265. The third kappa shape index (κ3) is 5.10. The molecule has 5 fully saturated rings. The lowest BCUT2D eigenvalue weighted by Crippen LogP contribution is -2.88. The van der Waals surface area contributed by atoms with Gasteiger partial charge in [-0.2, -0.15) is 0 Å². The van der Waals surface area contributed by atoms with Crippen LogP contribution in [-0.4, -0.2) is 0 Å². The van der Waals surface area contributed by atoms with E-state index in [1.165, 1.54) is 107 Å². The lowest BCUT2D eigenvalue weighted by Gasteiger charge is -2.92. The van der Waals surface area contributed by atoms with Crippen LogP contribution in [0.2, 0.25) is 0 Å². The van der Waals surface area contributed by atoms with Crippen LogP contribution in [0, 0.1) is 40.9 Å². The van der Waals surface area contributed by atoms with Gasteiger partial charge in [-0.05, 0) is 183 Å². The van der Waals surface area contributed by atoms with Crippen molar-refractivity contribution in [2.75, 3.05) is 4.90 Å². The SMILES string of the molecule is CC1C=Cc2cccc(-c3ccccc3N(c3ccc(-c4ccc5c(c4)C4(c6ccccc6-5)C5CC6CC7CC4C675)cc3)c3ccccc3-c3ccc4c(c3)oc3ccccc34)c2C1C1CCCCC1. The summed E-state index contributed by atoms with van der Waals surface area (Å²) >= 11 is 0. The Morgan fingerprint density at radius 1 is 0.500 bits per heavy atom. The van der Waals surface area contributed by atoms with E-state index < -0.39 is 0 Å². The third-order valence-electron chi connectivity index (χ3n) is 20.0. The first-order valence-electron chi connectivity index (χ1n) is 26.7. The van der Waals surface area contributed by atoms with E-state index >= 15 is 0 Å². The molecule has 0 radical (unpaired) electrons. The summed E-state index contributed by atoms with van der Waals surface area (Å²) in [7, 11) is 0. The van der Waals surface area contributed by atoms with Crippen molar-refractivity contribution in [2.24, 2.45) is 40.9 Å². The van der Waals surface area contributed by atoms with Crippen molar-refractivity contribution >= 4 is 45.1 Å². The molecule has 8 aromatic carbocycles. The molecule has 5 saturated carbocycles. The lowest BCUT2D eigenvalue weighted by molar-refractivity contribution is -0.412. The van der Waals surface area contributed by atoms with Crippen molar-refractivity contribution in [3.63, 3.8) is 0 Å². The number of rotatable bonds is 7. The number of benzene rings is 8. The minimum Gasteiger partial charge on any atom is -0.456 e. The summed E-state index contributed by atoms with van der Waals surface area (Å²) in [6.45, 7) is 2.46. The smallest absolute Gasteiger partial charge is 0.136 e. The normalized spacial score (nSPS) is 27.3. The number of nitrogens with zero attached hydrogens (tertiary/aromatic N) is 1. The van der Waals surface area contributed by atoms with Crippen molar-refractivity contribution in [3.05, 3.63) is 204 Å². The summed E-state index contributed by atoms with van der Waals surface area (Å²) in [6.07, 6.45) is 15.9. The predicted octanol–water partition coefficient (Wildman–Crippen LogP) is 18.3. The van der Waals surface area contributed by atoms with Gasteiger partial charge in [-0.1, -0.05) is 166 Å². The van der Waals surface area contributed by atoms with E-state index in [9.17, 15) is 0 Å². The summed E-state index contributed by atoms with van der Waals surface area (Å²) in [5.41, 5.74) is 22.9. The zero-order valence-electron chi connectivity index (χ0n) is 40.0.